The molecule has 1 atom stereocenters. The summed E-state index contributed by atoms with van der Waals surface area (Å²) in [4.78, 5) is 13.1. The van der Waals surface area contributed by atoms with Crippen LogP contribution in [-0.2, 0) is 4.79 Å². The Kier molecular flexibility index (Phi) is 3.86. The van der Waals surface area contributed by atoms with Crippen molar-refractivity contribution < 1.29 is 4.79 Å². The smallest absolute Gasteiger partial charge is 0.249 e. The van der Waals surface area contributed by atoms with Crippen LogP contribution < -0.4 is 10.9 Å². The summed E-state index contributed by atoms with van der Waals surface area (Å²) in [6, 6.07) is 9.27. The molecule has 1 unspecified atom stereocenters. The van der Waals surface area contributed by atoms with E-state index in [0.29, 0.717) is 5.69 Å². The van der Waals surface area contributed by atoms with Crippen LogP contribution in [0.3, 0.4) is 0 Å². The van der Waals surface area contributed by atoms with Gasteiger partial charge in [0.25, 0.3) is 0 Å². The number of anilines is 1. The SMILES string of the molecule is NN(C(=O)C1CCCCC1=S)c1ccccc1. The van der Waals surface area contributed by atoms with Crippen LogP contribution in [0.25, 0.3) is 0 Å². The number of nitrogens with zero attached hydrogens (tertiary/aromatic N) is 1. The first-order chi connectivity index (χ1) is 8.20. The minimum Gasteiger partial charge on any atom is -0.272 e. The van der Waals surface area contributed by atoms with Crippen LogP contribution in [0, 0.1) is 5.92 Å². The number of amides is 1. The van der Waals surface area contributed by atoms with Crippen LogP contribution in [0.4, 0.5) is 5.69 Å². The first-order valence-corrected chi connectivity index (χ1v) is 6.27. The number of hydrazine groups is 1. The Morgan fingerprint density at radius 2 is 2.00 bits per heavy atom. The highest BCUT2D eigenvalue weighted by atomic mass is 32.1. The normalized spacial score (nSPS) is 20.1. The fraction of sp³-hybridized carbons (Fsp3) is 0.385. The van der Waals surface area contributed by atoms with E-state index in [2.05, 4.69) is 0 Å². The molecule has 17 heavy (non-hydrogen) atoms. The van der Waals surface area contributed by atoms with E-state index >= 15 is 0 Å². The summed E-state index contributed by atoms with van der Waals surface area (Å²) in [5.41, 5.74) is 0.714. The number of carbonyl (C=O) groups excluding carboxylic acids is 1. The third kappa shape index (κ3) is 2.70. The topological polar surface area (TPSA) is 46.3 Å². The van der Waals surface area contributed by atoms with Crippen LogP contribution in [0.1, 0.15) is 25.7 Å². The molecule has 0 aromatic heterocycles. The van der Waals surface area contributed by atoms with Crippen LogP contribution in [0.5, 0.6) is 0 Å². The zero-order valence-electron chi connectivity index (χ0n) is 9.63. The number of rotatable bonds is 2. The van der Waals surface area contributed by atoms with Crippen molar-refractivity contribution in [3.8, 4) is 0 Å². The first-order valence-electron chi connectivity index (χ1n) is 5.86. The lowest BCUT2D eigenvalue weighted by atomic mass is 9.88. The van der Waals surface area contributed by atoms with Crippen LogP contribution >= 0.6 is 12.2 Å². The molecule has 2 N–H and O–H groups in total. The lowest BCUT2D eigenvalue weighted by Crippen LogP contribution is -2.44. The molecule has 2 rings (SSSR count). The minimum absolute atomic E-state index is 0.0825. The monoisotopic (exact) mass is 248 g/mol. The van der Waals surface area contributed by atoms with Gasteiger partial charge in [-0.15, -0.1) is 0 Å². The Labute approximate surface area is 107 Å². The van der Waals surface area contributed by atoms with Gasteiger partial charge in [0.2, 0.25) is 5.91 Å². The standard InChI is InChI=1S/C13H16N2OS/c14-15(10-6-2-1-3-7-10)13(16)11-8-4-5-9-12(11)17/h1-3,6-7,11H,4-5,8-9,14H2. The average Bonchev–Trinajstić information content (AvgIpc) is 2.39. The Morgan fingerprint density at radius 3 is 2.65 bits per heavy atom. The predicted octanol–water partition coefficient (Wildman–Crippen LogP) is 2.45. The van der Waals surface area contributed by atoms with Crippen molar-refractivity contribution in [1.29, 1.82) is 0 Å². The summed E-state index contributed by atoms with van der Waals surface area (Å²) >= 11 is 5.27. The molecule has 0 bridgehead atoms. The van der Waals surface area contributed by atoms with Gasteiger partial charge < -0.3 is 0 Å². The largest absolute Gasteiger partial charge is 0.272 e. The van der Waals surface area contributed by atoms with Crippen molar-refractivity contribution in [2.45, 2.75) is 25.7 Å². The maximum Gasteiger partial charge on any atom is 0.249 e. The quantitative estimate of drug-likeness (QED) is 0.378. The van der Waals surface area contributed by atoms with E-state index in [4.69, 9.17) is 18.1 Å². The van der Waals surface area contributed by atoms with Crippen molar-refractivity contribution >= 4 is 28.7 Å². The van der Waals surface area contributed by atoms with E-state index in [-0.39, 0.29) is 11.8 Å². The van der Waals surface area contributed by atoms with Gasteiger partial charge in [0.15, 0.2) is 0 Å². The molecule has 0 radical (unpaired) electrons. The van der Waals surface area contributed by atoms with Gasteiger partial charge >= 0.3 is 0 Å². The lowest BCUT2D eigenvalue weighted by molar-refractivity contribution is -0.120. The lowest BCUT2D eigenvalue weighted by Gasteiger charge is -2.26. The van der Waals surface area contributed by atoms with Gasteiger partial charge in [-0.25, -0.2) is 10.9 Å². The molecule has 1 fully saturated rings. The van der Waals surface area contributed by atoms with Crippen molar-refractivity contribution in [1.82, 2.24) is 0 Å². The summed E-state index contributed by atoms with van der Waals surface area (Å²) in [6.07, 6.45) is 3.85. The zero-order valence-corrected chi connectivity index (χ0v) is 10.5. The molecule has 1 amide bonds. The molecule has 1 aromatic carbocycles. The molecule has 4 heteroatoms. The van der Waals surface area contributed by atoms with Gasteiger partial charge in [-0.2, -0.15) is 0 Å². The van der Waals surface area contributed by atoms with E-state index in [0.717, 1.165) is 30.5 Å². The predicted molar refractivity (Wildman–Crippen MR) is 72.7 cm³/mol. The van der Waals surface area contributed by atoms with E-state index in [9.17, 15) is 4.79 Å². The summed E-state index contributed by atoms with van der Waals surface area (Å²) in [5, 5.41) is 1.22. The maximum atomic E-state index is 12.2. The van der Waals surface area contributed by atoms with Crippen molar-refractivity contribution in [2.75, 3.05) is 5.01 Å². The molecular formula is C13H16N2OS. The maximum absolute atomic E-state index is 12.2. The first kappa shape index (κ1) is 12.2. The molecule has 3 nitrogen and oxygen atoms in total. The average molecular weight is 248 g/mol. The third-order valence-corrected chi connectivity index (χ3v) is 3.61. The van der Waals surface area contributed by atoms with Crippen molar-refractivity contribution in [3.05, 3.63) is 30.3 Å². The fourth-order valence-electron chi connectivity index (χ4n) is 2.13. The van der Waals surface area contributed by atoms with Gasteiger partial charge in [0.1, 0.15) is 0 Å². The summed E-state index contributed by atoms with van der Waals surface area (Å²) in [6.45, 7) is 0. The number of carbonyl (C=O) groups is 1. The second kappa shape index (κ2) is 5.38. The Hall–Kier alpha value is -1.26. The minimum atomic E-state index is -0.177. The molecule has 1 aliphatic carbocycles. The van der Waals surface area contributed by atoms with Crippen LogP contribution in [0.15, 0.2) is 30.3 Å². The fourth-order valence-corrected chi connectivity index (χ4v) is 2.49. The molecular weight excluding hydrogens is 232 g/mol. The second-order valence-electron chi connectivity index (χ2n) is 4.31. The highest BCUT2D eigenvalue weighted by Crippen LogP contribution is 2.24. The molecule has 0 spiro atoms. The molecule has 0 saturated heterocycles. The number of hydrogen-bond donors (Lipinski definition) is 1. The van der Waals surface area contributed by atoms with Crippen molar-refractivity contribution in [3.63, 3.8) is 0 Å². The summed E-state index contributed by atoms with van der Waals surface area (Å²) in [7, 11) is 0. The van der Waals surface area contributed by atoms with Crippen molar-refractivity contribution in [2.24, 2.45) is 11.8 Å². The Bertz CT molecular complexity index is 419. The van der Waals surface area contributed by atoms with Gasteiger partial charge in [-0.05, 0) is 31.4 Å². The van der Waals surface area contributed by atoms with E-state index in [1.54, 1.807) is 0 Å². The molecule has 1 saturated carbocycles. The molecule has 1 aliphatic rings. The number of para-hydroxylation sites is 1. The number of thiocarbonyl (C=S) groups is 1. The van der Waals surface area contributed by atoms with Gasteiger partial charge in [0.05, 0.1) is 11.6 Å². The van der Waals surface area contributed by atoms with E-state index in [1.807, 2.05) is 30.3 Å². The zero-order chi connectivity index (χ0) is 12.3. The van der Waals surface area contributed by atoms with Crippen LogP contribution in [0.2, 0.25) is 0 Å². The number of hydrogen-bond acceptors (Lipinski definition) is 3. The molecule has 0 aliphatic heterocycles. The molecule has 1 aromatic rings. The Balaban J connectivity index is 2.12. The van der Waals surface area contributed by atoms with E-state index in [1.165, 1.54) is 5.01 Å². The third-order valence-electron chi connectivity index (χ3n) is 3.12. The Morgan fingerprint density at radius 1 is 1.29 bits per heavy atom. The van der Waals surface area contributed by atoms with Gasteiger partial charge in [-0.1, -0.05) is 36.8 Å². The van der Waals surface area contributed by atoms with E-state index < -0.39 is 0 Å². The molecule has 0 heterocycles. The summed E-state index contributed by atoms with van der Waals surface area (Å²) in [5.74, 6) is 5.60. The number of benzene rings is 1. The van der Waals surface area contributed by atoms with Gasteiger partial charge in [0, 0.05) is 4.86 Å². The second-order valence-corrected chi connectivity index (χ2v) is 4.83. The highest BCUT2D eigenvalue weighted by Gasteiger charge is 2.29. The number of nitrogens with two attached hydrogens (primary N) is 1. The van der Waals surface area contributed by atoms with Crippen LogP contribution in [-0.4, -0.2) is 10.8 Å². The highest BCUT2D eigenvalue weighted by molar-refractivity contribution is 7.80. The summed E-state index contributed by atoms with van der Waals surface area (Å²) < 4.78 is 0. The van der Waals surface area contributed by atoms with Gasteiger partial charge in [-0.3, -0.25) is 4.79 Å². The molecule has 90 valence electrons.